The first-order valence-corrected chi connectivity index (χ1v) is 7.19. The molecule has 0 aliphatic rings. The third-order valence-corrected chi connectivity index (χ3v) is 3.83. The Morgan fingerprint density at radius 1 is 0.900 bits per heavy atom. The van der Waals surface area contributed by atoms with Gasteiger partial charge in [0.15, 0.2) is 0 Å². The molecule has 0 aliphatic carbocycles. The molecule has 2 aromatic carbocycles. The molecule has 0 bridgehead atoms. The fraction of sp³-hybridized carbons (Fsp3) is 0.222. The van der Waals surface area contributed by atoms with Gasteiger partial charge in [-0.1, -0.05) is 42.5 Å². The smallest absolute Gasteiger partial charge is 0.0483 e. The van der Waals surface area contributed by atoms with Crippen LogP contribution in [0.5, 0.6) is 0 Å². The van der Waals surface area contributed by atoms with Gasteiger partial charge in [-0.2, -0.15) is 0 Å². The summed E-state index contributed by atoms with van der Waals surface area (Å²) in [6.45, 7) is 1.65. The first-order chi connectivity index (χ1) is 9.88. The highest BCUT2D eigenvalue weighted by Crippen LogP contribution is 2.20. The lowest BCUT2D eigenvalue weighted by molar-refractivity contribution is 0.662. The molecule has 2 heteroatoms. The second kappa shape index (κ2) is 5.93. The second-order valence-electron chi connectivity index (χ2n) is 5.15. The van der Waals surface area contributed by atoms with E-state index in [9.17, 15) is 0 Å². The van der Waals surface area contributed by atoms with Gasteiger partial charge in [0, 0.05) is 30.2 Å². The highest BCUT2D eigenvalue weighted by molar-refractivity contribution is 5.83. The van der Waals surface area contributed by atoms with Gasteiger partial charge in [-0.05, 0) is 36.1 Å². The molecule has 0 amide bonds. The van der Waals surface area contributed by atoms with E-state index in [1.807, 2.05) is 0 Å². The van der Waals surface area contributed by atoms with Crippen LogP contribution in [-0.2, 0) is 19.5 Å². The largest absolute Gasteiger partial charge is 0.347 e. The standard InChI is InChI=1S/C18H20N2/c19-14-16-9-4-10-18-17(16)11-13-20(18)12-5-8-15-6-2-1-3-7-15/h1-4,6-7,9-11,13H,5,8,12,14,19H2. The minimum Gasteiger partial charge on any atom is -0.347 e. The van der Waals surface area contributed by atoms with Gasteiger partial charge in [0.25, 0.3) is 0 Å². The molecular formula is C18H20N2. The SMILES string of the molecule is NCc1cccc2c1ccn2CCCc1ccccc1. The predicted molar refractivity (Wildman–Crippen MR) is 84.6 cm³/mol. The molecule has 1 aromatic heterocycles. The maximum atomic E-state index is 5.79. The van der Waals surface area contributed by atoms with E-state index in [1.54, 1.807) is 0 Å². The zero-order valence-corrected chi connectivity index (χ0v) is 11.6. The number of benzene rings is 2. The Morgan fingerprint density at radius 2 is 1.75 bits per heavy atom. The maximum absolute atomic E-state index is 5.79. The third-order valence-electron chi connectivity index (χ3n) is 3.83. The van der Waals surface area contributed by atoms with Crippen molar-refractivity contribution in [3.63, 3.8) is 0 Å². The number of hydrogen-bond acceptors (Lipinski definition) is 1. The van der Waals surface area contributed by atoms with E-state index < -0.39 is 0 Å². The van der Waals surface area contributed by atoms with Crippen LogP contribution in [0.3, 0.4) is 0 Å². The molecule has 2 nitrogen and oxygen atoms in total. The van der Waals surface area contributed by atoms with Crippen molar-refractivity contribution in [1.29, 1.82) is 0 Å². The summed E-state index contributed by atoms with van der Waals surface area (Å²) >= 11 is 0. The highest BCUT2D eigenvalue weighted by Gasteiger charge is 2.04. The number of fused-ring (bicyclic) bond motifs is 1. The van der Waals surface area contributed by atoms with Gasteiger partial charge in [0.05, 0.1) is 0 Å². The molecule has 3 aromatic rings. The summed E-state index contributed by atoms with van der Waals surface area (Å²) in [4.78, 5) is 0. The van der Waals surface area contributed by atoms with E-state index in [2.05, 4.69) is 65.4 Å². The minimum atomic E-state index is 0.603. The van der Waals surface area contributed by atoms with Crippen LogP contribution in [0.15, 0.2) is 60.8 Å². The van der Waals surface area contributed by atoms with E-state index in [0.29, 0.717) is 6.54 Å². The van der Waals surface area contributed by atoms with Crippen molar-refractivity contribution < 1.29 is 0 Å². The van der Waals surface area contributed by atoms with Crippen molar-refractivity contribution >= 4 is 10.9 Å². The van der Waals surface area contributed by atoms with Crippen LogP contribution in [0.2, 0.25) is 0 Å². The van der Waals surface area contributed by atoms with Crippen LogP contribution >= 0.6 is 0 Å². The van der Waals surface area contributed by atoms with Crippen LogP contribution in [0.4, 0.5) is 0 Å². The van der Waals surface area contributed by atoms with Gasteiger partial charge < -0.3 is 10.3 Å². The first kappa shape index (κ1) is 12.9. The van der Waals surface area contributed by atoms with E-state index in [1.165, 1.54) is 22.0 Å². The summed E-state index contributed by atoms with van der Waals surface area (Å²) in [5, 5.41) is 1.29. The van der Waals surface area contributed by atoms with Crippen LogP contribution in [-0.4, -0.2) is 4.57 Å². The lowest BCUT2D eigenvalue weighted by Gasteiger charge is -2.07. The molecule has 0 saturated carbocycles. The number of nitrogens with zero attached hydrogens (tertiary/aromatic N) is 1. The average Bonchev–Trinajstić information content (AvgIpc) is 2.92. The van der Waals surface area contributed by atoms with E-state index >= 15 is 0 Å². The van der Waals surface area contributed by atoms with Gasteiger partial charge >= 0.3 is 0 Å². The molecule has 2 N–H and O–H groups in total. The molecule has 0 saturated heterocycles. The molecule has 0 spiro atoms. The first-order valence-electron chi connectivity index (χ1n) is 7.19. The molecule has 102 valence electrons. The van der Waals surface area contributed by atoms with Crippen molar-refractivity contribution in [2.75, 3.05) is 0 Å². The summed E-state index contributed by atoms with van der Waals surface area (Å²) < 4.78 is 2.33. The normalized spacial score (nSPS) is 11.1. The molecule has 20 heavy (non-hydrogen) atoms. The van der Waals surface area contributed by atoms with Crippen molar-refractivity contribution in [3.05, 3.63) is 71.9 Å². The fourth-order valence-electron chi connectivity index (χ4n) is 2.76. The van der Waals surface area contributed by atoms with E-state index in [-0.39, 0.29) is 0 Å². The Bertz CT molecular complexity index is 683. The quantitative estimate of drug-likeness (QED) is 0.748. The second-order valence-corrected chi connectivity index (χ2v) is 5.15. The number of aryl methyl sites for hydroxylation is 2. The number of aromatic nitrogens is 1. The summed E-state index contributed by atoms with van der Waals surface area (Å²) in [6.07, 6.45) is 4.45. The fourth-order valence-corrected chi connectivity index (χ4v) is 2.76. The van der Waals surface area contributed by atoms with Crippen LogP contribution in [0, 0.1) is 0 Å². The Labute approximate surface area is 119 Å². The molecule has 1 heterocycles. The molecule has 0 unspecified atom stereocenters. The maximum Gasteiger partial charge on any atom is 0.0483 e. The summed E-state index contributed by atoms with van der Waals surface area (Å²) in [7, 11) is 0. The van der Waals surface area contributed by atoms with Crippen LogP contribution in [0.25, 0.3) is 10.9 Å². The molecule has 0 atom stereocenters. The van der Waals surface area contributed by atoms with Crippen molar-refractivity contribution in [1.82, 2.24) is 4.57 Å². The zero-order valence-electron chi connectivity index (χ0n) is 11.6. The average molecular weight is 264 g/mol. The van der Waals surface area contributed by atoms with Gasteiger partial charge in [0.1, 0.15) is 0 Å². The number of rotatable bonds is 5. The Kier molecular flexibility index (Phi) is 3.84. The Morgan fingerprint density at radius 3 is 2.55 bits per heavy atom. The van der Waals surface area contributed by atoms with Gasteiger partial charge in [-0.25, -0.2) is 0 Å². The molecule has 0 aliphatic heterocycles. The van der Waals surface area contributed by atoms with Gasteiger partial charge in [-0.3, -0.25) is 0 Å². The van der Waals surface area contributed by atoms with E-state index in [0.717, 1.165) is 19.4 Å². The van der Waals surface area contributed by atoms with Gasteiger partial charge in [0.2, 0.25) is 0 Å². The summed E-state index contributed by atoms with van der Waals surface area (Å²) in [5.41, 5.74) is 9.72. The summed E-state index contributed by atoms with van der Waals surface area (Å²) in [6, 6.07) is 19.2. The number of nitrogens with two attached hydrogens (primary N) is 1. The molecule has 3 rings (SSSR count). The van der Waals surface area contributed by atoms with Crippen LogP contribution < -0.4 is 5.73 Å². The van der Waals surface area contributed by atoms with Crippen molar-refractivity contribution in [3.8, 4) is 0 Å². The monoisotopic (exact) mass is 264 g/mol. The Balaban J connectivity index is 1.72. The lowest BCUT2D eigenvalue weighted by Crippen LogP contribution is -1.99. The third kappa shape index (κ3) is 2.61. The zero-order chi connectivity index (χ0) is 13.8. The van der Waals surface area contributed by atoms with Crippen molar-refractivity contribution in [2.24, 2.45) is 5.73 Å². The molecule has 0 fully saturated rings. The minimum absolute atomic E-state index is 0.603. The van der Waals surface area contributed by atoms with Crippen molar-refractivity contribution in [2.45, 2.75) is 25.9 Å². The number of hydrogen-bond donors (Lipinski definition) is 1. The van der Waals surface area contributed by atoms with Crippen LogP contribution in [0.1, 0.15) is 17.5 Å². The predicted octanol–water partition coefficient (Wildman–Crippen LogP) is 3.73. The van der Waals surface area contributed by atoms with Gasteiger partial charge in [-0.15, -0.1) is 0 Å². The topological polar surface area (TPSA) is 30.9 Å². The lowest BCUT2D eigenvalue weighted by atomic mass is 10.1. The summed E-state index contributed by atoms with van der Waals surface area (Å²) in [5.74, 6) is 0. The Hall–Kier alpha value is -2.06. The van der Waals surface area contributed by atoms with E-state index in [4.69, 9.17) is 5.73 Å². The molecular weight excluding hydrogens is 244 g/mol. The highest BCUT2D eigenvalue weighted by atomic mass is 14.9. The molecule has 0 radical (unpaired) electrons.